The SMILES string of the molecule is CCCCCCCCCCCCCOCCOCCOCCOCCOCCOCCOCCOCCOCCC(=O)O. The lowest BCUT2D eigenvalue weighted by Gasteiger charge is -2.09. The maximum absolute atomic E-state index is 10.3. The summed E-state index contributed by atoms with van der Waals surface area (Å²) in [6.07, 6.45) is 14.8. The van der Waals surface area contributed by atoms with Crippen LogP contribution in [0.25, 0.3) is 0 Å². The third kappa shape index (κ3) is 41.1. The Morgan fingerprint density at radius 1 is 0.349 bits per heavy atom. The van der Waals surface area contributed by atoms with Crippen molar-refractivity contribution in [1.82, 2.24) is 0 Å². The Hall–Kier alpha value is -0.890. The number of carboxylic acids is 1. The molecule has 0 radical (unpaired) electrons. The van der Waals surface area contributed by atoms with Crippen LogP contribution in [-0.4, -0.2) is 130 Å². The number of unbranched alkanes of at least 4 members (excludes halogenated alkanes) is 10. The average molecular weight is 625 g/mol. The molecule has 0 rings (SSSR count). The van der Waals surface area contributed by atoms with Crippen LogP contribution in [0.5, 0.6) is 0 Å². The lowest BCUT2D eigenvalue weighted by atomic mass is 10.1. The molecule has 0 amide bonds. The molecule has 0 fully saturated rings. The summed E-state index contributed by atoms with van der Waals surface area (Å²) >= 11 is 0. The summed E-state index contributed by atoms with van der Waals surface area (Å²) in [7, 11) is 0. The van der Waals surface area contributed by atoms with Gasteiger partial charge in [0, 0.05) is 6.61 Å². The van der Waals surface area contributed by atoms with Gasteiger partial charge in [-0.1, -0.05) is 71.1 Å². The third-order valence-electron chi connectivity index (χ3n) is 6.33. The van der Waals surface area contributed by atoms with Gasteiger partial charge in [-0.3, -0.25) is 4.79 Å². The van der Waals surface area contributed by atoms with E-state index in [1.54, 1.807) is 0 Å². The standard InChI is InChI=1S/C32H64O11/c1-2-3-4-5-6-7-8-9-10-11-12-14-35-16-18-37-20-22-39-24-26-41-28-30-43-31-29-42-27-25-40-23-21-38-19-17-36-15-13-32(33)34/h2-31H2,1H3,(H,33,34). The lowest BCUT2D eigenvalue weighted by molar-refractivity contribution is -0.138. The number of hydrogen-bond acceptors (Lipinski definition) is 10. The predicted molar refractivity (Wildman–Crippen MR) is 166 cm³/mol. The fourth-order valence-electron chi connectivity index (χ4n) is 3.89. The molecule has 11 heteroatoms. The smallest absolute Gasteiger partial charge is 0.305 e. The van der Waals surface area contributed by atoms with Gasteiger partial charge in [0.25, 0.3) is 0 Å². The minimum atomic E-state index is -0.868. The maximum Gasteiger partial charge on any atom is 0.305 e. The summed E-state index contributed by atoms with van der Waals surface area (Å²) in [6.45, 7) is 11.5. The molecule has 0 aliphatic heterocycles. The molecule has 0 heterocycles. The summed E-state index contributed by atoms with van der Waals surface area (Å²) in [4.78, 5) is 10.3. The van der Waals surface area contributed by atoms with Gasteiger partial charge in [0.15, 0.2) is 0 Å². The van der Waals surface area contributed by atoms with Crippen LogP contribution in [-0.2, 0) is 47.4 Å². The molecule has 0 atom stereocenters. The largest absolute Gasteiger partial charge is 0.481 e. The van der Waals surface area contributed by atoms with E-state index >= 15 is 0 Å². The van der Waals surface area contributed by atoms with Gasteiger partial charge in [-0.25, -0.2) is 0 Å². The summed E-state index contributed by atoms with van der Waals surface area (Å²) in [5.41, 5.74) is 0. The molecule has 0 aliphatic rings. The Morgan fingerprint density at radius 2 is 0.581 bits per heavy atom. The molecule has 258 valence electrons. The first kappa shape index (κ1) is 42.1. The van der Waals surface area contributed by atoms with Gasteiger partial charge in [-0.05, 0) is 6.42 Å². The third-order valence-corrected chi connectivity index (χ3v) is 6.33. The van der Waals surface area contributed by atoms with E-state index in [-0.39, 0.29) is 13.0 Å². The van der Waals surface area contributed by atoms with E-state index in [0.29, 0.717) is 106 Å². The van der Waals surface area contributed by atoms with Crippen molar-refractivity contribution in [3.63, 3.8) is 0 Å². The van der Waals surface area contributed by atoms with E-state index < -0.39 is 5.97 Å². The number of ether oxygens (including phenoxy) is 9. The molecule has 0 bridgehead atoms. The van der Waals surface area contributed by atoms with Crippen LogP contribution in [0.15, 0.2) is 0 Å². The first-order valence-electron chi connectivity index (χ1n) is 16.7. The van der Waals surface area contributed by atoms with Crippen molar-refractivity contribution in [3.05, 3.63) is 0 Å². The number of rotatable bonds is 39. The van der Waals surface area contributed by atoms with Crippen LogP contribution in [0.1, 0.15) is 84.0 Å². The first-order valence-corrected chi connectivity index (χ1v) is 16.7. The Kier molecular flexibility index (Phi) is 38.3. The van der Waals surface area contributed by atoms with Crippen molar-refractivity contribution in [2.24, 2.45) is 0 Å². The van der Waals surface area contributed by atoms with Gasteiger partial charge in [0.1, 0.15) is 0 Å². The minimum Gasteiger partial charge on any atom is -0.481 e. The van der Waals surface area contributed by atoms with E-state index in [1.165, 1.54) is 64.2 Å². The van der Waals surface area contributed by atoms with E-state index in [2.05, 4.69) is 6.92 Å². The normalized spacial score (nSPS) is 11.5. The van der Waals surface area contributed by atoms with Crippen molar-refractivity contribution in [1.29, 1.82) is 0 Å². The molecule has 0 aromatic heterocycles. The number of hydrogen-bond donors (Lipinski definition) is 1. The van der Waals surface area contributed by atoms with Crippen LogP contribution >= 0.6 is 0 Å². The Bertz CT molecular complexity index is 526. The van der Waals surface area contributed by atoms with Crippen molar-refractivity contribution in [2.45, 2.75) is 84.0 Å². The lowest BCUT2D eigenvalue weighted by Crippen LogP contribution is -2.15. The van der Waals surface area contributed by atoms with Gasteiger partial charge >= 0.3 is 5.97 Å². The molecule has 0 saturated carbocycles. The molecule has 0 spiro atoms. The van der Waals surface area contributed by atoms with Crippen LogP contribution in [0, 0.1) is 0 Å². The van der Waals surface area contributed by atoms with E-state index in [4.69, 9.17) is 47.7 Å². The zero-order valence-electron chi connectivity index (χ0n) is 27.2. The summed E-state index contributed by atoms with van der Waals surface area (Å²) < 4.78 is 48.9. The fraction of sp³-hybridized carbons (Fsp3) is 0.969. The molecule has 11 nitrogen and oxygen atoms in total. The first-order chi connectivity index (χ1) is 21.3. The maximum atomic E-state index is 10.3. The summed E-state index contributed by atoms with van der Waals surface area (Å²) in [6, 6.07) is 0. The fourth-order valence-corrected chi connectivity index (χ4v) is 3.89. The molecule has 0 saturated heterocycles. The van der Waals surface area contributed by atoms with Crippen molar-refractivity contribution in [2.75, 3.05) is 119 Å². The average Bonchev–Trinajstić information content (AvgIpc) is 3.00. The van der Waals surface area contributed by atoms with E-state index in [0.717, 1.165) is 13.0 Å². The summed E-state index contributed by atoms with van der Waals surface area (Å²) in [5, 5.41) is 8.48. The second kappa shape index (κ2) is 39.1. The predicted octanol–water partition coefficient (Wildman–Crippen LogP) is 4.92. The highest BCUT2D eigenvalue weighted by Crippen LogP contribution is 2.11. The van der Waals surface area contributed by atoms with Gasteiger partial charge in [0.05, 0.1) is 119 Å². The Morgan fingerprint density at radius 3 is 0.860 bits per heavy atom. The highest BCUT2D eigenvalue weighted by molar-refractivity contribution is 5.66. The van der Waals surface area contributed by atoms with Crippen molar-refractivity contribution < 1.29 is 52.5 Å². The molecule has 43 heavy (non-hydrogen) atoms. The molecule has 0 aromatic carbocycles. The quantitative estimate of drug-likeness (QED) is 0.0938. The van der Waals surface area contributed by atoms with Crippen molar-refractivity contribution in [3.8, 4) is 0 Å². The molecule has 0 aromatic rings. The van der Waals surface area contributed by atoms with Gasteiger partial charge in [0.2, 0.25) is 0 Å². The molecule has 0 aliphatic carbocycles. The highest BCUT2D eigenvalue weighted by atomic mass is 16.6. The zero-order chi connectivity index (χ0) is 31.2. The monoisotopic (exact) mass is 624 g/mol. The molecule has 0 unspecified atom stereocenters. The number of aliphatic carboxylic acids is 1. The second-order valence-electron chi connectivity index (χ2n) is 10.2. The molecule has 1 N–H and O–H groups in total. The number of carbonyl (C=O) groups is 1. The second-order valence-corrected chi connectivity index (χ2v) is 10.2. The van der Waals surface area contributed by atoms with Crippen LogP contribution < -0.4 is 0 Å². The van der Waals surface area contributed by atoms with Crippen molar-refractivity contribution >= 4 is 5.97 Å². The Balaban J connectivity index is 3.03. The summed E-state index contributed by atoms with van der Waals surface area (Å²) in [5.74, 6) is -0.868. The van der Waals surface area contributed by atoms with E-state index in [9.17, 15) is 4.79 Å². The van der Waals surface area contributed by atoms with E-state index in [1.807, 2.05) is 0 Å². The topological polar surface area (TPSA) is 120 Å². The van der Waals surface area contributed by atoms with Crippen LogP contribution in [0.3, 0.4) is 0 Å². The molecular weight excluding hydrogens is 560 g/mol. The highest BCUT2D eigenvalue weighted by Gasteiger charge is 1.98. The minimum absolute atomic E-state index is 0.00474. The van der Waals surface area contributed by atoms with Gasteiger partial charge in [-0.2, -0.15) is 0 Å². The van der Waals surface area contributed by atoms with Crippen LogP contribution in [0.4, 0.5) is 0 Å². The molecular formula is C32H64O11. The van der Waals surface area contributed by atoms with Crippen LogP contribution in [0.2, 0.25) is 0 Å². The number of carboxylic acid groups (broad SMARTS) is 1. The Labute approximate surface area is 261 Å². The van der Waals surface area contributed by atoms with Gasteiger partial charge in [-0.15, -0.1) is 0 Å². The van der Waals surface area contributed by atoms with Gasteiger partial charge < -0.3 is 47.7 Å². The zero-order valence-corrected chi connectivity index (χ0v) is 27.2.